The van der Waals surface area contributed by atoms with Crippen LogP contribution in [0.25, 0.3) is 0 Å². The highest BCUT2D eigenvalue weighted by molar-refractivity contribution is 6.00. The van der Waals surface area contributed by atoms with E-state index in [1.807, 2.05) is 25.9 Å². The topological polar surface area (TPSA) is 35.6 Å². The molecule has 1 unspecified atom stereocenters. The molecule has 1 aliphatic heterocycles. The molecule has 0 radical (unpaired) electrons. The van der Waals surface area contributed by atoms with Gasteiger partial charge in [0.05, 0.1) is 11.3 Å². The first-order chi connectivity index (χ1) is 10.0. The number of carbonyl (C=O) groups is 1. The van der Waals surface area contributed by atoms with Crippen molar-refractivity contribution in [3.8, 4) is 0 Å². The third kappa shape index (κ3) is 3.53. The van der Waals surface area contributed by atoms with E-state index in [9.17, 15) is 9.18 Å². The summed E-state index contributed by atoms with van der Waals surface area (Å²) in [5.74, 6) is -0.444. The van der Waals surface area contributed by atoms with Gasteiger partial charge in [0.25, 0.3) is 5.91 Å². The van der Waals surface area contributed by atoms with Gasteiger partial charge in [0.15, 0.2) is 0 Å². The van der Waals surface area contributed by atoms with E-state index in [1.54, 1.807) is 12.1 Å². The van der Waals surface area contributed by atoms with Crippen LogP contribution in [0.15, 0.2) is 18.2 Å². The van der Waals surface area contributed by atoms with Gasteiger partial charge in [0.2, 0.25) is 0 Å². The van der Waals surface area contributed by atoms with E-state index in [0.29, 0.717) is 17.8 Å². The fourth-order valence-electron chi connectivity index (χ4n) is 2.93. The molecule has 1 N–H and O–H groups in total. The minimum Gasteiger partial charge on any atom is -0.382 e. The molecule has 1 saturated heterocycles. The second-order valence-electron chi connectivity index (χ2n) is 5.75. The first-order valence-corrected chi connectivity index (χ1v) is 7.52. The average molecular weight is 293 g/mol. The Morgan fingerprint density at radius 2 is 2.24 bits per heavy atom. The molecule has 0 aromatic heterocycles. The number of carbonyl (C=O) groups excluding carboxylic acids is 1. The zero-order chi connectivity index (χ0) is 15.4. The fraction of sp³-hybridized carbons (Fsp3) is 0.562. The highest BCUT2D eigenvalue weighted by Crippen LogP contribution is 2.26. The number of benzene rings is 1. The Kier molecular flexibility index (Phi) is 5.17. The number of rotatable bonds is 5. The molecule has 1 heterocycles. The van der Waals surface area contributed by atoms with Crippen LogP contribution in [0.5, 0.6) is 0 Å². The molecular formula is C16H24FN3O. The second-order valence-corrected chi connectivity index (χ2v) is 5.75. The van der Waals surface area contributed by atoms with Crippen LogP contribution in [0.2, 0.25) is 0 Å². The third-order valence-electron chi connectivity index (χ3n) is 3.81. The largest absolute Gasteiger partial charge is 0.382 e. The Labute approximate surface area is 125 Å². The summed E-state index contributed by atoms with van der Waals surface area (Å²) in [5.41, 5.74) is 0.753. The molecule has 0 spiro atoms. The SMILES string of the molecule is CCNc1c(F)cccc1C(=O)N1CCCC1CN(C)C. The number of para-hydroxylation sites is 1. The molecule has 2 rings (SSSR count). The number of amides is 1. The van der Waals surface area contributed by atoms with Gasteiger partial charge in [-0.2, -0.15) is 0 Å². The first-order valence-electron chi connectivity index (χ1n) is 7.52. The van der Waals surface area contributed by atoms with E-state index in [-0.39, 0.29) is 17.8 Å². The van der Waals surface area contributed by atoms with Crippen LogP contribution in [0.3, 0.4) is 0 Å². The van der Waals surface area contributed by atoms with Gasteiger partial charge in [0, 0.05) is 25.7 Å². The molecule has 116 valence electrons. The molecule has 0 saturated carbocycles. The van der Waals surface area contributed by atoms with E-state index in [2.05, 4.69) is 10.2 Å². The van der Waals surface area contributed by atoms with Crippen molar-refractivity contribution in [3.05, 3.63) is 29.6 Å². The lowest BCUT2D eigenvalue weighted by molar-refractivity contribution is 0.0717. The van der Waals surface area contributed by atoms with E-state index in [4.69, 9.17) is 0 Å². The van der Waals surface area contributed by atoms with Crippen molar-refractivity contribution in [2.45, 2.75) is 25.8 Å². The normalized spacial score (nSPS) is 18.3. The van der Waals surface area contributed by atoms with Crippen LogP contribution in [0, 0.1) is 5.82 Å². The number of halogens is 1. The number of nitrogens with one attached hydrogen (secondary N) is 1. The van der Waals surface area contributed by atoms with Gasteiger partial charge in [-0.05, 0) is 46.0 Å². The number of hydrogen-bond donors (Lipinski definition) is 1. The quantitative estimate of drug-likeness (QED) is 0.905. The number of likely N-dealkylation sites (N-methyl/N-ethyl adjacent to an activating group) is 1. The molecule has 21 heavy (non-hydrogen) atoms. The van der Waals surface area contributed by atoms with Crippen molar-refractivity contribution in [1.82, 2.24) is 9.80 Å². The summed E-state index contributed by atoms with van der Waals surface area (Å²) >= 11 is 0. The van der Waals surface area contributed by atoms with Gasteiger partial charge in [0.1, 0.15) is 5.82 Å². The van der Waals surface area contributed by atoms with Crippen LogP contribution < -0.4 is 5.32 Å². The Balaban J connectivity index is 2.25. The van der Waals surface area contributed by atoms with Crippen molar-refractivity contribution in [2.24, 2.45) is 0 Å². The lowest BCUT2D eigenvalue weighted by Crippen LogP contribution is -2.41. The first kappa shape index (κ1) is 15.8. The summed E-state index contributed by atoms with van der Waals surface area (Å²) in [6.45, 7) is 4.07. The van der Waals surface area contributed by atoms with E-state index in [1.165, 1.54) is 6.07 Å². The number of hydrogen-bond acceptors (Lipinski definition) is 3. The molecular weight excluding hydrogens is 269 g/mol. The molecule has 1 aromatic carbocycles. The maximum atomic E-state index is 14.0. The molecule has 1 aromatic rings. The summed E-state index contributed by atoms with van der Waals surface area (Å²) in [5, 5.41) is 2.97. The minimum absolute atomic E-state index is 0.0743. The Hall–Kier alpha value is -1.62. The van der Waals surface area contributed by atoms with Gasteiger partial charge in [-0.3, -0.25) is 4.79 Å². The smallest absolute Gasteiger partial charge is 0.256 e. The van der Waals surface area contributed by atoms with Crippen LogP contribution in [-0.2, 0) is 0 Å². The molecule has 1 fully saturated rings. The van der Waals surface area contributed by atoms with Crippen LogP contribution in [-0.4, -0.2) is 55.5 Å². The Bertz CT molecular complexity index is 504. The highest BCUT2D eigenvalue weighted by Gasteiger charge is 2.31. The molecule has 0 bridgehead atoms. The molecule has 0 aliphatic carbocycles. The molecule has 1 aliphatic rings. The van der Waals surface area contributed by atoms with E-state index < -0.39 is 0 Å². The molecule has 4 nitrogen and oxygen atoms in total. The fourth-order valence-corrected chi connectivity index (χ4v) is 2.93. The maximum absolute atomic E-state index is 14.0. The predicted octanol–water partition coefficient (Wildman–Crippen LogP) is 2.42. The highest BCUT2D eigenvalue weighted by atomic mass is 19.1. The molecule has 5 heteroatoms. The molecule has 1 atom stereocenters. The van der Waals surface area contributed by atoms with Crippen LogP contribution in [0.1, 0.15) is 30.1 Å². The average Bonchev–Trinajstić information content (AvgIpc) is 2.87. The lowest BCUT2D eigenvalue weighted by atomic mass is 10.1. The zero-order valence-corrected chi connectivity index (χ0v) is 13.0. The van der Waals surface area contributed by atoms with Gasteiger partial charge in [-0.25, -0.2) is 4.39 Å². The standard InChI is InChI=1S/C16H24FN3O/c1-4-18-15-13(8-5-9-14(15)17)16(21)20-10-6-7-12(20)11-19(2)3/h5,8-9,12,18H,4,6-7,10-11H2,1-3H3. The summed E-state index contributed by atoms with van der Waals surface area (Å²) in [7, 11) is 4.01. The van der Waals surface area contributed by atoms with Crippen molar-refractivity contribution in [3.63, 3.8) is 0 Å². The van der Waals surface area contributed by atoms with Gasteiger partial charge in [-0.1, -0.05) is 6.07 Å². The second kappa shape index (κ2) is 6.89. The van der Waals surface area contributed by atoms with Crippen molar-refractivity contribution in [1.29, 1.82) is 0 Å². The summed E-state index contributed by atoms with van der Waals surface area (Å²) in [6.07, 6.45) is 2.02. The third-order valence-corrected chi connectivity index (χ3v) is 3.81. The van der Waals surface area contributed by atoms with Crippen molar-refractivity contribution >= 4 is 11.6 Å². The summed E-state index contributed by atoms with van der Waals surface area (Å²) in [4.78, 5) is 16.8. The van der Waals surface area contributed by atoms with Gasteiger partial charge in [-0.15, -0.1) is 0 Å². The Morgan fingerprint density at radius 1 is 1.48 bits per heavy atom. The summed E-state index contributed by atoms with van der Waals surface area (Å²) in [6, 6.07) is 4.90. The number of nitrogens with zero attached hydrogens (tertiary/aromatic N) is 2. The lowest BCUT2D eigenvalue weighted by Gasteiger charge is -2.28. The van der Waals surface area contributed by atoms with Crippen LogP contribution in [0.4, 0.5) is 10.1 Å². The van der Waals surface area contributed by atoms with Crippen LogP contribution >= 0.6 is 0 Å². The minimum atomic E-state index is -0.369. The zero-order valence-electron chi connectivity index (χ0n) is 13.0. The molecule has 1 amide bonds. The maximum Gasteiger partial charge on any atom is 0.256 e. The summed E-state index contributed by atoms with van der Waals surface area (Å²) < 4.78 is 14.0. The van der Waals surface area contributed by atoms with Gasteiger partial charge >= 0.3 is 0 Å². The monoisotopic (exact) mass is 293 g/mol. The van der Waals surface area contributed by atoms with Gasteiger partial charge < -0.3 is 15.1 Å². The predicted molar refractivity (Wildman–Crippen MR) is 83.2 cm³/mol. The van der Waals surface area contributed by atoms with Crippen molar-refractivity contribution in [2.75, 3.05) is 39.0 Å². The number of likely N-dealkylation sites (tertiary alicyclic amines) is 1. The van der Waals surface area contributed by atoms with E-state index >= 15 is 0 Å². The van der Waals surface area contributed by atoms with E-state index in [0.717, 1.165) is 25.9 Å². The van der Waals surface area contributed by atoms with Crippen molar-refractivity contribution < 1.29 is 9.18 Å². The Morgan fingerprint density at radius 3 is 2.90 bits per heavy atom. The number of anilines is 1.